The Bertz CT molecular complexity index is 260. The normalized spacial score (nSPS) is 28.4. The minimum absolute atomic E-state index is 0.0204. The predicted molar refractivity (Wildman–Crippen MR) is 71.9 cm³/mol. The number of hydrogen-bond acceptors (Lipinski definition) is 2. The summed E-state index contributed by atoms with van der Waals surface area (Å²) in [6, 6.07) is -2.33. The van der Waals surface area contributed by atoms with Crippen molar-refractivity contribution in [3.63, 3.8) is 0 Å². The third-order valence-corrected chi connectivity index (χ3v) is 4.62. The standard InChI is InChI=1S/C14H27F3N2/c1-4-10-6-8-11(9-7-10)19(3)13(12(18)5-2)14(15,16)17/h10-13H,4-9,18H2,1-3H3. The fourth-order valence-corrected chi connectivity index (χ4v) is 3.19. The van der Waals surface area contributed by atoms with Crippen molar-refractivity contribution in [3.05, 3.63) is 0 Å². The van der Waals surface area contributed by atoms with E-state index in [4.69, 9.17) is 5.73 Å². The lowest BCUT2D eigenvalue weighted by Gasteiger charge is -2.41. The molecule has 0 aromatic rings. The van der Waals surface area contributed by atoms with E-state index in [0.717, 1.165) is 32.1 Å². The smallest absolute Gasteiger partial charge is 0.326 e. The molecule has 0 spiro atoms. The van der Waals surface area contributed by atoms with Gasteiger partial charge in [-0.05, 0) is 45.1 Å². The van der Waals surface area contributed by atoms with Crippen LogP contribution in [0.4, 0.5) is 13.2 Å². The molecule has 5 heteroatoms. The molecule has 1 fully saturated rings. The Morgan fingerprint density at radius 3 is 2.05 bits per heavy atom. The highest BCUT2D eigenvalue weighted by Gasteiger charge is 2.47. The number of likely N-dealkylation sites (N-methyl/N-ethyl adjacent to an activating group) is 1. The molecule has 2 atom stereocenters. The molecule has 0 aromatic heterocycles. The molecule has 1 aliphatic rings. The summed E-state index contributed by atoms with van der Waals surface area (Å²) in [6.45, 7) is 3.87. The van der Waals surface area contributed by atoms with Crippen molar-refractivity contribution in [2.24, 2.45) is 11.7 Å². The second kappa shape index (κ2) is 6.93. The summed E-state index contributed by atoms with van der Waals surface area (Å²) in [4.78, 5) is 1.49. The van der Waals surface area contributed by atoms with Crippen molar-refractivity contribution in [3.8, 4) is 0 Å². The third kappa shape index (κ3) is 4.35. The molecule has 0 radical (unpaired) electrons. The first-order chi connectivity index (χ1) is 8.81. The number of halogens is 3. The van der Waals surface area contributed by atoms with Gasteiger partial charge in [0, 0.05) is 12.1 Å². The number of hydrogen-bond donors (Lipinski definition) is 1. The molecule has 0 saturated heterocycles. The summed E-state index contributed by atoms with van der Waals surface area (Å²) in [5.41, 5.74) is 5.70. The first kappa shape index (κ1) is 16.8. The molecule has 0 amide bonds. The molecule has 1 saturated carbocycles. The zero-order valence-electron chi connectivity index (χ0n) is 12.2. The van der Waals surface area contributed by atoms with Gasteiger partial charge in [0.2, 0.25) is 0 Å². The highest BCUT2D eigenvalue weighted by molar-refractivity contribution is 4.90. The Hall–Kier alpha value is -0.290. The van der Waals surface area contributed by atoms with Gasteiger partial charge in [0.05, 0.1) is 0 Å². The van der Waals surface area contributed by atoms with Crippen LogP contribution in [0.1, 0.15) is 52.4 Å². The van der Waals surface area contributed by atoms with E-state index >= 15 is 0 Å². The molecule has 114 valence electrons. The zero-order valence-corrected chi connectivity index (χ0v) is 12.2. The molecule has 1 aliphatic carbocycles. The molecule has 0 bridgehead atoms. The molecule has 2 N–H and O–H groups in total. The van der Waals surface area contributed by atoms with Crippen molar-refractivity contribution in [2.75, 3.05) is 7.05 Å². The first-order valence-electron chi connectivity index (χ1n) is 7.35. The van der Waals surface area contributed by atoms with E-state index < -0.39 is 18.3 Å². The van der Waals surface area contributed by atoms with Gasteiger partial charge >= 0.3 is 6.18 Å². The minimum Gasteiger partial charge on any atom is -0.326 e. The van der Waals surface area contributed by atoms with E-state index in [2.05, 4.69) is 6.92 Å². The van der Waals surface area contributed by atoms with E-state index in [9.17, 15) is 13.2 Å². The van der Waals surface area contributed by atoms with Crippen molar-refractivity contribution in [1.29, 1.82) is 0 Å². The SMILES string of the molecule is CCC1CCC(N(C)C(C(N)CC)C(F)(F)F)CC1. The summed E-state index contributed by atoms with van der Waals surface area (Å²) < 4.78 is 39.6. The minimum atomic E-state index is -4.24. The average Bonchev–Trinajstić information content (AvgIpc) is 2.37. The van der Waals surface area contributed by atoms with E-state index in [-0.39, 0.29) is 6.04 Å². The fourth-order valence-electron chi connectivity index (χ4n) is 3.19. The second-order valence-electron chi connectivity index (χ2n) is 5.81. The van der Waals surface area contributed by atoms with Crippen molar-refractivity contribution in [2.45, 2.75) is 76.7 Å². The Kier molecular flexibility index (Phi) is 6.12. The maximum Gasteiger partial charge on any atom is 0.405 e. The first-order valence-corrected chi connectivity index (χ1v) is 7.35. The lowest BCUT2D eigenvalue weighted by molar-refractivity contribution is -0.193. The predicted octanol–water partition coefficient (Wildman–Crippen LogP) is 3.56. The third-order valence-electron chi connectivity index (χ3n) is 4.62. The Labute approximate surface area is 114 Å². The van der Waals surface area contributed by atoms with Gasteiger partial charge in [-0.1, -0.05) is 20.3 Å². The van der Waals surface area contributed by atoms with Gasteiger partial charge in [-0.15, -0.1) is 0 Å². The largest absolute Gasteiger partial charge is 0.405 e. The highest BCUT2D eigenvalue weighted by Crippen LogP contribution is 2.34. The van der Waals surface area contributed by atoms with Crippen LogP contribution in [0.3, 0.4) is 0 Å². The van der Waals surface area contributed by atoms with Crippen LogP contribution in [-0.4, -0.2) is 36.2 Å². The Morgan fingerprint density at radius 1 is 1.16 bits per heavy atom. The molecule has 1 rings (SSSR count). The van der Waals surface area contributed by atoms with Crippen LogP contribution in [0.25, 0.3) is 0 Å². The number of rotatable bonds is 5. The molecular weight excluding hydrogens is 253 g/mol. The molecule has 2 unspecified atom stereocenters. The van der Waals surface area contributed by atoms with Gasteiger partial charge < -0.3 is 5.73 Å². The van der Waals surface area contributed by atoms with E-state index in [1.807, 2.05) is 0 Å². The highest BCUT2D eigenvalue weighted by atomic mass is 19.4. The maximum atomic E-state index is 13.2. The lowest BCUT2D eigenvalue weighted by atomic mass is 9.83. The van der Waals surface area contributed by atoms with Gasteiger partial charge in [0.25, 0.3) is 0 Å². The van der Waals surface area contributed by atoms with Crippen LogP contribution in [0, 0.1) is 5.92 Å². The zero-order chi connectivity index (χ0) is 14.6. The molecule has 19 heavy (non-hydrogen) atoms. The number of alkyl halides is 3. The number of nitrogens with two attached hydrogens (primary N) is 1. The molecule has 0 heterocycles. The second-order valence-corrected chi connectivity index (χ2v) is 5.81. The summed E-state index contributed by atoms with van der Waals surface area (Å²) in [6.07, 6.45) is 1.03. The van der Waals surface area contributed by atoms with Crippen LogP contribution >= 0.6 is 0 Å². The summed E-state index contributed by atoms with van der Waals surface area (Å²) in [5.74, 6) is 0.689. The van der Waals surface area contributed by atoms with Crippen LogP contribution < -0.4 is 5.73 Å². The maximum absolute atomic E-state index is 13.2. The molecule has 2 nitrogen and oxygen atoms in total. The van der Waals surface area contributed by atoms with Gasteiger partial charge in [0.15, 0.2) is 0 Å². The van der Waals surface area contributed by atoms with Crippen LogP contribution in [0.2, 0.25) is 0 Å². The summed E-state index contributed by atoms with van der Waals surface area (Å²) in [5, 5.41) is 0. The average molecular weight is 280 g/mol. The Morgan fingerprint density at radius 2 is 1.68 bits per heavy atom. The quantitative estimate of drug-likeness (QED) is 0.834. The van der Waals surface area contributed by atoms with E-state index in [1.54, 1.807) is 14.0 Å². The van der Waals surface area contributed by atoms with Crippen molar-refractivity contribution in [1.82, 2.24) is 4.90 Å². The van der Waals surface area contributed by atoms with E-state index in [0.29, 0.717) is 12.3 Å². The van der Waals surface area contributed by atoms with Crippen LogP contribution in [0.5, 0.6) is 0 Å². The van der Waals surface area contributed by atoms with Gasteiger partial charge in [-0.3, -0.25) is 4.90 Å². The van der Waals surface area contributed by atoms with Gasteiger partial charge in [-0.25, -0.2) is 0 Å². The summed E-state index contributed by atoms with van der Waals surface area (Å²) >= 11 is 0. The topological polar surface area (TPSA) is 29.3 Å². The Balaban J connectivity index is 2.70. The van der Waals surface area contributed by atoms with Crippen molar-refractivity contribution >= 4 is 0 Å². The van der Waals surface area contributed by atoms with Crippen LogP contribution in [0.15, 0.2) is 0 Å². The van der Waals surface area contributed by atoms with E-state index in [1.165, 1.54) is 4.90 Å². The van der Waals surface area contributed by atoms with Gasteiger partial charge in [-0.2, -0.15) is 13.2 Å². The molecule has 0 aromatic carbocycles. The summed E-state index contributed by atoms with van der Waals surface area (Å²) in [7, 11) is 1.59. The fraction of sp³-hybridized carbons (Fsp3) is 1.00. The van der Waals surface area contributed by atoms with Crippen molar-refractivity contribution < 1.29 is 13.2 Å². The van der Waals surface area contributed by atoms with Gasteiger partial charge in [0.1, 0.15) is 6.04 Å². The lowest BCUT2D eigenvalue weighted by Crippen LogP contribution is -2.57. The van der Waals surface area contributed by atoms with Crippen LogP contribution in [-0.2, 0) is 0 Å². The molecule has 0 aliphatic heterocycles. The monoisotopic (exact) mass is 280 g/mol. The number of nitrogens with zero attached hydrogens (tertiary/aromatic N) is 1. The molecular formula is C14H27F3N2.